The third-order valence-electron chi connectivity index (χ3n) is 4.87. The van der Waals surface area contributed by atoms with E-state index in [1.165, 1.54) is 12.1 Å². The van der Waals surface area contributed by atoms with Crippen LogP contribution in [-0.4, -0.2) is 59.9 Å². The lowest BCUT2D eigenvalue weighted by Gasteiger charge is -2.38. The van der Waals surface area contributed by atoms with E-state index in [4.69, 9.17) is 4.99 Å². The molecular weight excluding hydrogens is 381 g/mol. The molecule has 0 atom stereocenters. The Morgan fingerprint density at radius 2 is 1.97 bits per heavy atom. The molecule has 1 aliphatic rings. The molecule has 0 amide bonds. The van der Waals surface area contributed by atoms with Gasteiger partial charge in [-0.05, 0) is 37.1 Å². The summed E-state index contributed by atoms with van der Waals surface area (Å²) < 4.78 is 40.7. The van der Waals surface area contributed by atoms with Crippen LogP contribution in [0.25, 0.3) is 0 Å². The summed E-state index contributed by atoms with van der Waals surface area (Å²) in [6.07, 6.45) is 0.316. The predicted octanol–water partition coefficient (Wildman–Crippen LogP) is 2.77. The van der Waals surface area contributed by atoms with E-state index < -0.39 is 11.7 Å². The number of aliphatic imine (C=N–C) groups is 1. The van der Waals surface area contributed by atoms with Crippen LogP contribution in [0.4, 0.5) is 18.9 Å². The number of aromatic nitrogens is 2. The fourth-order valence-corrected chi connectivity index (χ4v) is 3.37. The molecule has 2 heterocycles. The molecule has 1 aliphatic heterocycles. The molecule has 1 aromatic carbocycles. The number of guanidine groups is 1. The minimum absolute atomic E-state index is 0.609. The smallest absolute Gasteiger partial charge is 0.368 e. The van der Waals surface area contributed by atoms with E-state index in [1.807, 2.05) is 31.3 Å². The standard InChI is InChI=1S/C20H27F3N6/c1-3-24-19(25-8-7-16-14-26-27(2)15-16)29-11-9-28(10-12-29)18-6-4-5-17(13-18)20(21,22)23/h4-6,13-15H,3,7-12H2,1-2H3,(H,24,25). The monoisotopic (exact) mass is 408 g/mol. The highest BCUT2D eigenvalue weighted by molar-refractivity contribution is 5.80. The van der Waals surface area contributed by atoms with Gasteiger partial charge in [0.2, 0.25) is 0 Å². The van der Waals surface area contributed by atoms with Gasteiger partial charge in [0.1, 0.15) is 0 Å². The molecular formula is C20H27F3N6. The van der Waals surface area contributed by atoms with Crippen molar-refractivity contribution in [3.63, 3.8) is 0 Å². The molecule has 1 N–H and O–H groups in total. The molecule has 0 unspecified atom stereocenters. The topological polar surface area (TPSA) is 48.7 Å². The van der Waals surface area contributed by atoms with Gasteiger partial charge in [-0.25, -0.2) is 0 Å². The van der Waals surface area contributed by atoms with Crippen LogP contribution in [0.2, 0.25) is 0 Å². The quantitative estimate of drug-likeness (QED) is 0.611. The Bertz CT molecular complexity index is 822. The maximum Gasteiger partial charge on any atom is 0.416 e. The summed E-state index contributed by atoms with van der Waals surface area (Å²) in [5.41, 5.74) is 1.14. The minimum atomic E-state index is -4.32. The molecule has 0 saturated carbocycles. The van der Waals surface area contributed by atoms with Crippen LogP contribution in [0.1, 0.15) is 18.1 Å². The van der Waals surface area contributed by atoms with Crippen molar-refractivity contribution < 1.29 is 13.2 Å². The van der Waals surface area contributed by atoms with Crippen molar-refractivity contribution in [3.05, 3.63) is 47.8 Å². The first-order valence-electron chi connectivity index (χ1n) is 9.80. The third kappa shape index (κ3) is 5.65. The van der Waals surface area contributed by atoms with Crippen LogP contribution in [0.15, 0.2) is 41.7 Å². The van der Waals surface area contributed by atoms with E-state index in [0.717, 1.165) is 30.6 Å². The first-order chi connectivity index (χ1) is 13.9. The van der Waals surface area contributed by atoms with Gasteiger partial charge >= 0.3 is 6.18 Å². The number of piperazine rings is 1. The Kier molecular flexibility index (Phi) is 6.66. The molecule has 2 aromatic rings. The molecule has 0 aliphatic carbocycles. The number of halogens is 3. The van der Waals surface area contributed by atoms with Gasteiger partial charge in [0.25, 0.3) is 0 Å². The molecule has 158 valence electrons. The lowest BCUT2D eigenvalue weighted by atomic mass is 10.1. The molecule has 3 rings (SSSR count). The van der Waals surface area contributed by atoms with Gasteiger partial charge in [-0.15, -0.1) is 0 Å². The average Bonchev–Trinajstić information content (AvgIpc) is 3.12. The molecule has 29 heavy (non-hydrogen) atoms. The molecule has 1 aromatic heterocycles. The minimum Gasteiger partial charge on any atom is -0.368 e. The number of nitrogens with one attached hydrogen (secondary N) is 1. The largest absolute Gasteiger partial charge is 0.416 e. The van der Waals surface area contributed by atoms with Gasteiger partial charge in [-0.1, -0.05) is 6.07 Å². The zero-order valence-electron chi connectivity index (χ0n) is 16.8. The Balaban J connectivity index is 1.59. The van der Waals surface area contributed by atoms with Crippen LogP contribution in [0, 0.1) is 0 Å². The molecule has 1 saturated heterocycles. The number of anilines is 1. The van der Waals surface area contributed by atoms with Crippen LogP contribution in [0.5, 0.6) is 0 Å². The van der Waals surface area contributed by atoms with Gasteiger partial charge in [-0.2, -0.15) is 18.3 Å². The van der Waals surface area contributed by atoms with E-state index in [1.54, 1.807) is 10.7 Å². The number of hydrogen-bond donors (Lipinski definition) is 1. The highest BCUT2D eigenvalue weighted by atomic mass is 19.4. The highest BCUT2D eigenvalue weighted by Gasteiger charge is 2.31. The molecule has 9 heteroatoms. The zero-order valence-corrected chi connectivity index (χ0v) is 16.8. The summed E-state index contributed by atoms with van der Waals surface area (Å²) in [4.78, 5) is 8.87. The Hall–Kier alpha value is -2.71. The van der Waals surface area contributed by atoms with Crippen molar-refractivity contribution in [3.8, 4) is 0 Å². The van der Waals surface area contributed by atoms with E-state index in [2.05, 4.69) is 15.3 Å². The van der Waals surface area contributed by atoms with Gasteiger partial charge in [0.05, 0.1) is 11.8 Å². The second-order valence-electron chi connectivity index (χ2n) is 7.03. The first kappa shape index (κ1) is 21.0. The summed E-state index contributed by atoms with van der Waals surface area (Å²) >= 11 is 0. The summed E-state index contributed by atoms with van der Waals surface area (Å²) in [5.74, 6) is 0.847. The van der Waals surface area contributed by atoms with Crippen LogP contribution >= 0.6 is 0 Å². The summed E-state index contributed by atoms with van der Waals surface area (Å²) in [5, 5.41) is 7.48. The van der Waals surface area contributed by atoms with Gasteiger partial charge in [0, 0.05) is 58.2 Å². The van der Waals surface area contributed by atoms with Crippen molar-refractivity contribution in [2.24, 2.45) is 12.0 Å². The van der Waals surface area contributed by atoms with E-state index in [0.29, 0.717) is 38.4 Å². The zero-order chi connectivity index (χ0) is 20.9. The van der Waals surface area contributed by atoms with Gasteiger partial charge in [-0.3, -0.25) is 9.67 Å². The average molecular weight is 408 g/mol. The SMILES string of the molecule is CCNC(=NCCc1cnn(C)c1)N1CCN(c2cccc(C(F)(F)F)c2)CC1. The second-order valence-corrected chi connectivity index (χ2v) is 7.03. The van der Waals surface area contributed by atoms with Gasteiger partial charge in [0.15, 0.2) is 5.96 Å². The van der Waals surface area contributed by atoms with Crippen molar-refractivity contribution in [1.29, 1.82) is 0 Å². The van der Waals surface area contributed by atoms with Crippen molar-refractivity contribution in [1.82, 2.24) is 20.0 Å². The number of alkyl halides is 3. The lowest BCUT2D eigenvalue weighted by Crippen LogP contribution is -2.52. The fraction of sp³-hybridized carbons (Fsp3) is 0.500. The van der Waals surface area contributed by atoms with Crippen molar-refractivity contribution >= 4 is 11.6 Å². The maximum atomic E-state index is 13.0. The van der Waals surface area contributed by atoms with Crippen LogP contribution < -0.4 is 10.2 Å². The molecule has 6 nitrogen and oxygen atoms in total. The van der Waals surface area contributed by atoms with Gasteiger partial charge < -0.3 is 15.1 Å². The number of nitrogens with zero attached hydrogens (tertiary/aromatic N) is 5. The number of rotatable bonds is 5. The van der Waals surface area contributed by atoms with Crippen LogP contribution in [-0.2, 0) is 19.6 Å². The predicted molar refractivity (Wildman–Crippen MR) is 108 cm³/mol. The molecule has 0 radical (unpaired) electrons. The third-order valence-corrected chi connectivity index (χ3v) is 4.87. The van der Waals surface area contributed by atoms with E-state index in [-0.39, 0.29) is 0 Å². The van der Waals surface area contributed by atoms with E-state index >= 15 is 0 Å². The highest BCUT2D eigenvalue weighted by Crippen LogP contribution is 2.31. The number of hydrogen-bond acceptors (Lipinski definition) is 3. The molecule has 0 spiro atoms. The summed E-state index contributed by atoms with van der Waals surface area (Å²) in [6.45, 7) is 6.14. The summed E-state index contributed by atoms with van der Waals surface area (Å²) in [7, 11) is 1.89. The Morgan fingerprint density at radius 1 is 1.21 bits per heavy atom. The number of benzene rings is 1. The lowest BCUT2D eigenvalue weighted by molar-refractivity contribution is -0.137. The van der Waals surface area contributed by atoms with Crippen LogP contribution in [0.3, 0.4) is 0 Å². The van der Waals surface area contributed by atoms with E-state index in [9.17, 15) is 13.2 Å². The maximum absolute atomic E-state index is 13.0. The normalized spacial score (nSPS) is 15.7. The second kappa shape index (κ2) is 9.19. The van der Waals surface area contributed by atoms with Crippen molar-refractivity contribution in [2.45, 2.75) is 19.5 Å². The summed E-state index contributed by atoms with van der Waals surface area (Å²) in [6, 6.07) is 5.54. The molecule has 0 bridgehead atoms. The fourth-order valence-electron chi connectivity index (χ4n) is 3.37. The first-order valence-corrected chi connectivity index (χ1v) is 9.80. The Morgan fingerprint density at radius 3 is 2.59 bits per heavy atom. The number of aryl methyl sites for hydroxylation is 1. The molecule has 1 fully saturated rings. The Labute approximate surface area is 169 Å². The van der Waals surface area contributed by atoms with Crippen molar-refractivity contribution in [2.75, 3.05) is 44.2 Å².